The number of hydrogen-bond donors (Lipinski definition) is 5. The number of phenols is 4. The van der Waals surface area contributed by atoms with E-state index >= 15 is 0 Å². The Hall–Kier alpha value is -3.99. The number of benzene rings is 2. The van der Waals surface area contributed by atoms with Crippen molar-refractivity contribution in [2.45, 2.75) is 18.9 Å². The highest BCUT2D eigenvalue weighted by atomic mass is 16.7. The summed E-state index contributed by atoms with van der Waals surface area (Å²) < 4.78 is 5.04. The second-order valence-corrected chi connectivity index (χ2v) is 6.95. The third-order valence-corrected chi connectivity index (χ3v) is 4.73. The summed E-state index contributed by atoms with van der Waals surface area (Å²) in [5, 5.41) is 41.9. The van der Waals surface area contributed by atoms with Gasteiger partial charge in [-0.2, -0.15) is 0 Å². The Bertz CT molecular complexity index is 1020. The molecule has 0 radical (unpaired) electrons. The maximum absolute atomic E-state index is 12.4. The van der Waals surface area contributed by atoms with Crippen molar-refractivity contribution >= 4 is 17.8 Å². The van der Waals surface area contributed by atoms with E-state index in [4.69, 9.17) is 9.57 Å². The second kappa shape index (κ2) is 9.88. The molecule has 1 heterocycles. The first-order valence-corrected chi connectivity index (χ1v) is 9.73. The van der Waals surface area contributed by atoms with E-state index in [1.165, 1.54) is 36.4 Å². The van der Waals surface area contributed by atoms with Crippen LogP contribution in [0.2, 0.25) is 0 Å². The monoisotopic (exact) mass is 446 g/mol. The third kappa shape index (κ3) is 5.01. The molecule has 1 saturated heterocycles. The van der Waals surface area contributed by atoms with Gasteiger partial charge in [0.1, 0.15) is 18.2 Å². The fourth-order valence-corrected chi connectivity index (χ4v) is 3.00. The van der Waals surface area contributed by atoms with Crippen LogP contribution < -0.4 is 5.32 Å². The van der Waals surface area contributed by atoms with Crippen molar-refractivity contribution in [3.63, 3.8) is 0 Å². The number of hydroxylamine groups is 2. The quantitative estimate of drug-likeness (QED) is 0.226. The molecule has 0 aliphatic carbocycles. The summed E-state index contributed by atoms with van der Waals surface area (Å²) in [5.41, 5.74) is -0.324. The summed E-state index contributed by atoms with van der Waals surface area (Å²) >= 11 is 0. The van der Waals surface area contributed by atoms with E-state index in [0.29, 0.717) is 12.8 Å². The van der Waals surface area contributed by atoms with Gasteiger partial charge in [0, 0.05) is 6.54 Å². The third-order valence-electron chi connectivity index (χ3n) is 4.73. The molecule has 1 aliphatic heterocycles. The highest BCUT2D eigenvalue weighted by molar-refractivity contribution is 6.00. The van der Waals surface area contributed by atoms with Crippen LogP contribution in [0.1, 0.15) is 33.6 Å². The molecule has 11 heteroatoms. The molecule has 0 aromatic heterocycles. The van der Waals surface area contributed by atoms with Gasteiger partial charge in [0.05, 0.1) is 12.2 Å². The number of carbonyl (C=O) groups excluding carboxylic acids is 3. The summed E-state index contributed by atoms with van der Waals surface area (Å²) in [4.78, 5) is 41.9. The van der Waals surface area contributed by atoms with Gasteiger partial charge in [0.2, 0.25) is 0 Å². The zero-order valence-corrected chi connectivity index (χ0v) is 16.9. The molecular weight excluding hydrogens is 424 g/mol. The molecule has 2 amide bonds. The zero-order chi connectivity index (χ0) is 23.3. The summed E-state index contributed by atoms with van der Waals surface area (Å²) in [7, 11) is 0. The van der Waals surface area contributed by atoms with Gasteiger partial charge < -0.3 is 30.5 Å². The number of hydrogen-bond acceptors (Lipinski definition) is 9. The van der Waals surface area contributed by atoms with Crippen LogP contribution in [-0.2, 0) is 14.4 Å². The fraction of sp³-hybridized carbons (Fsp3) is 0.286. The van der Waals surface area contributed by atoms with Crippen LogP contribution in [0.25, 0.3) is 0 Å². The highest BCUT2D eigenvalue weighted by Gasteiger charge is 2.34. The minimum Gasteiger partial charge on any atom is -0.504 e. The Labute approximate surface area is 182 Å². The lowest BCUT2D eigenvalue weighted by molar-refractivity contribution is -0.162. The first-order chi connectivity index (χ1) is 15.3. The number of nitrogens with zero attached hydrogens (tertiary/aromatic N) is 1. The average molecular weight is 446 g/mol. The zero-order valence-electron chi connectivity index (χ0n) is 16.9. The number of rotatable bonds is 8. The van der Waals surface area contributed by atoms with E-state index in [2.05, 4.69) is 5.32 Å². The summed E-state index contributed by atoms with van der Waals surface area (Å²) in [6.07, 6.45) is 0.825. The van der Waals surface area contributed by atoms with Crippen LogP contribution in [0, 0.1) is 0 Å². The lowest BCUT2D eigenvalue weighted by Gasteiger charge is -2.15. The van der Waals surface area contributed by atoms with E-state index in [1.807, 2.05) is 0 Å². The number of ether oxygens (including phenoxy) is 1. The van der Waals surface area contributed by atoms with Gasteiger partial charge in [-0.3, -0.25) is 14.4 Å². The summed E-state index contributed by atoms with van der Waals surface area (Å²) in [6.45, 7) is 0.125. The van der Waals surface area contributed by atoms with E-state index in [1.54, 1.807) is 0 Å². The van der Waals surface area contributed by atoms with Crippen molar-refractivity contribution in [2.24, 2.45) is 0 Å². The van der Waals surface area contributed by atoms with Crippen molar-refractivity contribution in [2.75, 3.05) is 19.8 Å². The molecule has 0 bridgehead atoms. The Balaban J connectivity index is 1.41. The standard InChI is InChI=1S/C21H22N2O9/c24-15-7-3-5-12(17(15)26)19(28)22-14-11-32-23(20(14)29)9-1-2-10-31-21(30)13-6-4-8-16(25)18(13)27/h3-8,14,24-27H,1-2,9-11H2,(H,22,28)/t14-/m1/s1. The Morgan fingerprint density at radius 1 is 1.00 bits per heavy atom. The first kappa shape index (κ1) is 22.7. The topological polar surface area (TPSA) is 166 Å². The molecule has 11 nitrogen and oxygen atoms in total. The molecule has 32 heavy (non-hydrogen) atoms. The molecule has 2 aromatic rings. The number of para-hydroxylation sites is 2. The first-order valence-electron chi connectivity index (χ1n) is 9.73. The van der Waals surface area contributed by atoms with E-state index in [9.17, 15) is 34.8 Å². The lowest BCUT2D eigenvalue weighted by Crippen LogP contribution is -2.42. The SMILES string of the molecule is O=C(N[C@@H]1CON(CCCCOC(=O)c2cccc(O)c2O)C1=O)c1cccc(O)c1O. The van der Waals surface area contributed by atoms with Gasteiger partial charge in [-0.05, 0) is 37.1 Å². The molecule has 0 saturated carbocycles. The number of unbranched alkanes of at least 4 members (excludes halogenated alkanes) is 1. The maximum Gasteiger partial charge on any atom is 0.342 e. The minimum absolute atomic E-state index is 0.0207. The molecule has 3 rings (SSSR count). The summed E-state index contributed by atoms with van der Waals surface area (Å²) in [6, 6.07) is 6.93. The smallest absolute Gasteiger partial charge is 0.342 e. The van der Waals surface area contributed by atoms with Crippen molar-refractivity contribution in [3.05, 3.63) is 47.5 Å². The fourth-order valence-electron chi connectivity index (χ4n) is 3.00. The van der Waals surface area contributed by atoms with Crippen LogP contribution in [0.3, 0.4) is 0 Å². The molecule has 1 atom stereocenters. The van der Waals surface area contributed by atoms with E-state index in [-0.39, 0.29) is 30.9 Å². The molecule has 5 N–H and O–H groups in total. The van der Waals surface area contributed by atoms with Gasteiger partial charge in [0.15, 0.2) is 23.0 Å². The van der Waals surface area contributed by atoms with Gasteiger partial charge in [-0.1, -0.05) is 12.1 Å². The average Bonchev–Trinajstić information content (AvgIpc) is 3.10. The van der Waals surface area contributed by atoms with Crippen LogP contribution >= 0.6 is 0 Å². The van der Waals surface area contributed by atoms with Crippen molar-refractivity contribution in [3.8, 4) is 23.0 Å². The number of nitrogens with one attached hydrogen (secondary N) is 1. The Morgan fingerprint density at radius 3 is 2.31 bits per heavy atom. The predicted molar refractivity (Wildman–Crippen MR) is 108 cm³/mol. The molecule has 1 fully saturated rings. The number of aromatic hydroxyl groups is 4. The van der Waals surface area contributed by atoms with Crippen molar-refractivity contribution < 1.29 is 44.4 Å². The molecule has 2 aromatic carbocycles. The molecular formula is C21H22N2O9. The van der Waals surface area contributed by atoms with E-state index < -0.39 is 46.8 Å². The Morgan fingerprint density at radius 2 is 1.62 bits per heavy atom. The van der Waals surface area contributed by atoms with Gasteiger partial charge in [-0.15, -0.1) is 0 Å². The molecule has 0 spiro atoms. The van der Waals surface area contributed by atoms with Crippen LogP contribution in [0.15, 0.2) is 36.4 Å². The van der Waals surface area contributed by atoms with Crippen molar-refractivity contribution in [1.82, 2.24) is 10.4 Å². The summed E-state index contributed by atoms with van der Waals surface area (Å²) in [5.74, 6) is -4.00. The lowest BCUT2D eigenvalue weighted by atomic mass is 10.1. The van der Waals surface area contributed by atoms with Crippen LogP contribution in [0.5, 0.6) is 23.0 Å². The predicted octanol–water partition coefficient (Wildman–Crippen LogP) is 1.02. The number of amides is 2. The molecule has 0 unspecified atom stereocenters. The normalized spacial score (nSPS) is 15.6. The van der Waals surface area contributed by atoms with Gasteiger partial charge in [-0.25, -0.2) is 9.86 Å². The largest absolute Gasteiger partial charge is 0.504 e. The Kier molecular flexibility index (Phi) is 7.00. The number of esters is 1. The van der Waals surface area contributed by atoms with Crippen LogP contribution in [-0.4, -0.2) is 69.1 Å². The second-order valence-electron chi connectivity index (χ2n) is 6.95. The number of carbonyl (C=O) groups is 3. The van der Waals surface area contributed by atoms with E-state index in [0.717, 1.165) is 5.06 Å². The molecule has 170 valence electrons. The van der Waals surface area contributed by atoms with Gasteiger partial charge >= 0.3 is 5.97 Å². The minimum atomic E-state index is -0.948. The highest BCUT2D eigenvalue weighted by Crippen LogP contribution is 2.29. The molecule has 1 aliphatic rings. The van der Waals surface area contributed by atoms with Gasteiger partial charge in [0.25, 0.3) is 11.8 Å². The van der Waals surface area contributed by atoms with Crippen LogP contribution in [0.4, 0.5) is 0 Å². The number of phenolic OH excluding ortho intramolecular Hbond substituents is 4. The van der Waals surface area contributed by atoms with Crippen molar-refractivity contribution in [1.29, 1.82) is 0 Å². The maximum atomic E-state index is 12.4.